The van der Waals surface area contributed by atoms with Gasteiger partial charge in [-0.15, -0.1) is 0 Å². The van der Waals surface area contributed by atoms with Crippen molar-refractivity contribution in [1.82, 2.24) is 4.98 Å². The molecule has 0 amide bonds. The van der Waals surface area contributed by atoms with Crippen LogP contribution in [0, 0.1) is 0 Å². The number of hydrogen-bond acceptors (Lipinski definition) is 2. The van der Waals surface area contributed by atoms with E-state index >= 15 is 0 Å². The summed E-state index contributed by atoms with van der Waals surface area (Å²) >= 11 is 0. The van der Waals surface area contributed by atoms with Gasteiger partial charge in [0.25, 0.3) is 0 Å². The first-order valence-electron chi connectivity index (χ1n) is 8.37. The summed E-state index contributed by atoms with van der Waals surface area (Å²) < 4.78 is 0. The van der Waals surface area contributed by atoms with Gasteiger partial charge < -0.3 is 5.73 Å². The van der Waals surface area contributed by atoms with Crippen LogP contribution in [0.2, 0.25) is 0 Å². The van der Waals surface area contributed by atoms with Crippen molar-refractivity contribution in [3.63, 3.8) is 0 Å². The Morgan fingerprint density at radius 2 is 1.32 bits per heavy atom. The molecular weight excluding hydrogens is 304 g/mol. The zero-order chi connectivity index (χ0) is 16.8. The molecule has 118 valence electrons. The third kappa shape index (κ3) is 2.15. The summed E-state index contributed by atoms with van der Waals surface area (Å²) in [5.74, 6) is 0. The maximum absolute atomic E-state index is 5.89. The highest BCUT2D eigenvalue weighted by Gasteiger charge is 2.12. The van der Waals surface area contributed by atoms with Gasteiger partial charge in [-0.1, -0.05) is 66.7 Å². The van der Waals surface area contributed by atoms with E-state index in [4.69, 9.17) is 10.7 Å². The third-order valence-corrected chi connectivity index (χ3v) is 4.77. The lowest BCUT2D eigenvalue weighted by Crippen LogP contribution is -1.91. The predicted octanol–water partition coefficient (Wildman–Crippen LogP) is 5.79. The maximum atomic E-state index is 5.89. The number of rotatable bonds is 1. The van der Waals surface area contributed by atoms with Crippen molar-refractivity contribution in [2.45, 2.75) is 0 Å². The largest absolute Gasteiger partial charge is 0.399 e. The summed E-state index contributed by atoms with van der Waals surface area (Å²) in [7, 11) is 0. The van der Waals surface area contributed by atoms with Gasteiger partial charge in [0, 0.05) is 27.4 Å². The van der Waals surface area contributed by atoms with Crippen molar-refractivity contribution in [3.8, 4) is 11.1 Å². The quantitative estimate of drug-likeness (QED) is 0.241. The number of benzene rings is 4. The smallest absolute Gasteiger partial charge is 0.0794 e. The molecule has 1 heterocycles. The van der Waals surface area contributed by atoms with Gasteiger partial charge in [0.15, 0.2) is 0 Å². The molecule has 0 aliphatic rings. The Morgan fingerprint density at radius 1 is 0.600 bits per heavy atom. The van der Waals surface area contributed by atoms with E-state index in [1.54, 1.807) is 0 Å². The van der Waals surface area contributed by atoms with E-state index in [2.05, 4.69) is 66.7 Å². The standard InChI is InChI=1S/C23H16N2/c24-17-12-9-16(10-13-17)22-19-7-3-4-8-21(19)25-23-18-6-2-1-5-15(18)11-14-20(22)23/h1-14H,24H2. The highest BCUT2D eigenvalue weighted by molar-refractivity contribution is 6.16. The number of nitrogens with zero attached hydrogens (tertiary/aromatic N) is 1. The van der Waals surface area contributed by atoms with Gasteiger partial charge in [-0.25, -0.2) is 4.98 Å². The molecule has 0 aliphatic heterocycles. The van der Waals surface area contributed by atoms with Crippen LogP contribution in [0.15, 0.2) is 84.9 Å². The van der Waals surface area contributed by atoms with E-state index in [-0.39, 0.29) is 0 Å². The average Bonchev–Trinajstić information content (AvgIpc) is 2.67. The van der Waals surface area contributed by atoms with Gasteiger partial charge in [0.2, 0.25) is 0 Å². The van der Waals surface area contributed by atoms with Crippen LogP contribution in [-0.4, -0.2) is 4.98 Å². The Bertz CT molecular complexity index is 1240. The molecule has 0 aliphatic carbocycles. The molecule has 0 saturated heterocycles. The number of fused-ring (bicyclic) bond motifs is 4. The summed E-state index contributed by atoms with van der Waals surface area (Å²) in [6, 6.07) is 29.2. The van der Waals surface area contributed by atoms with E-state index < -0.39 is 0 Å². The fourth-order valence-electron chi connectivity index (χ4n) is 3.59. The van der Waals surface area contributed by atoms with E-state index in [0.717, 1.165) is 27.7 Å². The van der Waals surface area contributed by atoms with Crippen molar-refractivity contribution in [2.24, 2.45) is 0 Å². The highest BCUT2D eigenvalue weighted by Crippen LogP contribution is 2.37. The Balaban J connectivity index is 2.01. The Kier molecular flexibility index (Phi) is 2.98. The summed E-state index contributed by atoms with van der Waals surface area (Å²) in [5.41, 5.74) is 11.1. The third-order valence-electron chi connectivity index (χ3n) is 4.77. The summed E-state index contributed by atoms with van der Waals surface area (Å²) in [6.45, 7) is 0. The Hall–Kier alpha value is -3.39. The lowest BCUT2D eigenvalue weighted by Gasteiger charge is -2.13. The second-order valence-electron chi connectivity index (χ2n) is 6.31. The molecule has 2 nitrogen and oxygen atoms in total. The molecule has 5 rings (SSSR count). The zero-order valence-corrected chi connectivity index (χ0v) is 13.6. The lowest BCUT2D eigenvalue weighted by molar-refractivity contribution is 1.51. The SMILES string of the molecule is Nc1ccc(-c2c3ccccc3nc3c2ccc2ccccc23)cc1. The van der Waals surface area contributed by atoms with Crippen LogP contribution in [0.5, 0.6) is 0 Å². The van der Waals surface area contributed by atoms with Crippen molar-refractivity contribution in [1.29, 1.82) is 0 Å². The molecule has 0 atom stereocenters. The average molecular weight is 320 g/mol. The maximum Gasteiger partial charge on any atom is 0.0794 e. The number of pyridine rings is 1. The van der Waals surface area contributed by atoms with Crippen LogP contribution < -0.4 is 5.73 Å². The Labute approximate surface area is 145 Å². The van der Waals surface area contributed by atoms with Gasteiger partial charge in [-0.2, -0.15) is 0 Å². The number of hydrogen-bond donors (Lipinski definition) is 1. The summed E-state index contributed by atoms with van der Waals surface area (Å²) in [4.78, 5) is 4.98. The van der Waals surface area contributed by atoms with Crippen LogP contribution >= 0.6 is 0 Å². The molecule has 0 radical (unpaired) electrons. The molecule has 2 N–H and O–H groups in total. The molecule has 5 aromatic rings. The molecule has 1 aromatic heterocycles. The number of nitrogens with two attached hydrogens (primary N) is 1. The second-order valence-corrected chi connectivity index (χ2v) is 6.31. The summed E-state index contributed by atoms with van der Waals surface area (Å²) in [6.07, 6.45) is 0. The number of aromatic nitrogens is 1. The number of para-hydroxylation sites is 1. The topological polar surface area (TPSA) is 38.9 Å². The van der Waals surface area contributed by atoms with Crippen molar-refractivity contribution in [3.05, 3.63) is 84.9 Å². The van der Waals surface area contributed by atoms with Crippen molar-refractivity contribution >= 4 is 38.3 Å². The molecule has 0 bridgehead atoms. The normalized spacial score (nSPS) is 11.4. The fraction of sp³-hybridized carbons (Fsp3) is 0. The molecular formula is C23H16N2. The van der Waals surface area contributed by atoms with Crippen LogP contribution in [0.3, 0.4) is 0 Å². The fourth-order valence-corrected chi connectivity index (χ4v) is 3.59. The molecule has 0 spiro atoms. The van der Waals surface area contributed by atoms with Gasteiger partial charge in [-0.05, 0) is 29.1 Å². The van der Waals surface area contributed by atoms with E-state index in [1.807, 2.05) is 18.2 Å². The molecule has 25 heavy (non-hydrogen) atoms. The van der Waals surface area contributed by atoms with Crippen LogP contribution in [0.4, 0.5) is 5.69 Å². The first-order chi connectivity index (χ1) is 12.3. The minimum atomic E-state index is 0.775. The zero-order valence-electron chi connectivity index (χ0n) is 13.6. The van der Waals surface area contributed by atoms with Gasteiger partial charge in [0.05, 0.1) is 11.0 Å². The first kappa shape index (κ1) is 14.0. The van der Waals surface area contributed by atoms with Crippen molar-refractivity contribution in [2.75, 3.05) is 5.73 Å². The van der Waals surface area contributed by atoms with Crippen LogP contribution in [0.1, 0.15) is 0 Å². The minimum Gasteiger partial charge on any atom is -0.399 e. The van der Waals surface area contributed by atoms with E-state index in [1.165, 1.54) is 21.7 Å². The molecule has 4 aromatic carbocycles. The Morgan fingerprint density at radius 3 is 2.16 bits per heavy atom. The molecule has 0 unspecified atom stereocenters. The van der Waals surface area contributed by atoms with Crippen LogP contribution in [0.25, 0.3) is 43.7 Å². The highest BCUT2D eigenvalue weighted by atomic mass is 14.7. The van der Waals surface area contributed by atoms with E-state index in [9.17, 15) is 0 Å². The number of nitrogen functional groups attached to an aromatic ring is 1. The minimum absolute atomic E-state index is 0.775. The molecule has 0 fully saturated rings. The molecule has 0 saturated carbocycles. The van der Waals surface area contributed by atoms with Gasteiger partial charge in [-0.3, -0.25) is 0 Å². The monoisotopic (exact) mass is 320 g/mol. The predicted molar refractivity (Wildman–Crippen MR) is 107 cm³/mol. The second kappa shape index (κ2) is 5.32. The molecule has 2 heteroatoms. The van der Waals surface area contributed by atoms with Crippen LogP contribution in [-0.2, 0) is 0 Å². The van der Waals surface area contributed by atoms with Crippen molar-refractivity contribution < 1.29 is 0 Å². The van der Waals surface area contributed by atoms with Gasteiger partial charge >= 0.3 is 0 Å². The summed E-state index contributed by atoms with van der Waals surface area (Å²) in [5, 5.41) is 4.72. The van der Waals surface area contributed by atoms with Gasteiger partial charge in [0.1, 0.15) is 0 Å². The first-order valence-corrected chi connectivity index (χ1v) is 8.37. The lowest BCUT2D eigenvalue weighted by atomic mass is 9.94. The number of anilines is 1. The van der Waals surface area contributed by atoms with E-state index in [0.29, 0.717) is 0 Å².